The highest BCUT2D eigenvalue weighted by atomic mass is 15.2. The molecule has 0 radical (unpaired) electrons. The smallest absolute Gasteiger partial charge is 0.0667 e. The molecule has 2 unspecified atom stereocenters. The predicted molar refractivity (Wildman–Crippen MR) is 143 cm³/mol. The molecular weight excluding hydrogens is 388 g/mol. The molecule has 1 aromatic carbocycles. The number of benzene rings is 1. The lowest BCUT2D eigenvalue weighted by Gasteiger charge is -2.47. The van der Waals surface area contributed by atoms with Crippen LogP contribution in [-0.2, 0) is 6.42 Å². The Balaban J connectivity index is 0.000000228. The average Bonchev–Trinajstić information content (AvgIpc) is 3.25. The zero-order valence-electron chi connectivity index (χ0n) is 23.6. The van der Waals surface area contributed by atoms with Gasteiger partial charge in [-0.15, -0.1) is 0 Å². The van der Waals surface area contributed by atoms with E-state index in [4.69, 9.17) is 4.99 Å². The van der Waals surface area contributed by atoms with E-state index in [1.54, 1.807) is 0 Å². The molecule has 32 heavy (non-hydrogen) atoms. The van der Waals surface area contributed by atoms with E-state index < -0.39 is 0 Å². The van der Waals surface area contributed by atoms with Crippen LogP contribution < -0.4 is 0 Å². The minimum absolute atomic E-state index is 0.290. The minimum Gasteiger partial charge on any atom is -0.295 e. The van der Waals surface area contributed by atoms with Crippen molar-refractivity contribution in [3.05, 3.63) is 29.3 Å². The molecule has 1 fully saturated rings. The summed E-state index contributed by atoms with van der Waals surface area (Å²) in [7, 11) is 0. The molecular formula is C30H52N2. The largest absolute Gasteiger partial charge is 0.295 e. The number of nitrogens with zero attached hydrogens (tertiary/aromatic N) is 2. The number of fused-ring (bicyclic) bond motifs is 1. The van der Waals surface area contributed by atoms with Crippen LogP contribution in [-0.4, -0.2) is 28.7 Å². The molecule has 2 aliphatic rings. The summed E-state index contributed by atoms with van der Waals surface area (Å²) in [5.41, 5.74) is 6.37. The lowest BCUT2D eigenvalue weighted by molar-refractivity contribution is 0.0140. The van der Waals surface area contributed by atoms with E-state index in [0.29, 0.717) is 28.7 Å². The van der Waals surface area contributed by atoms with Gasteiger partial charge in [0.1, 0.15) is 0 Å². The van der Waals surface area contributed by atoms with Gasteiger partial charge in [0, 0.05) is 23.7 Å². The molecule has 1 saturated heterocycles. The van der Waals surface area contributed by atoms with E-state index >= 15 is 0 Å². The fourth-order valence-corrected chi connectivity index (χ4v) is 5.44. The van der Waals surface area contributed by atoms with Crippen molar-refractivity contribution in [2.45, 2.75) is 120 Å². The molecule has 0 aliphatic carbocycles. The molecule has 0 bridgehead atoms. The van der Waals surface area contributed by atoms with Crippen molar-refractivity contribution in [1.29, 1.82) is 0 Å². The first-order valence-electron chi connectivity index (χ1n) is 12.9. The average molecular weight is 441 g/mol. The van der Waals surface area contributed by atoms with Crippen LogP contribution in [0.2, 0.25) is 0 Å². The van der Waals surface area contributed by atoms with Crippen LogP contribution in [0.15, 0.2) is 23.2 Å². The van der Waals surface area contributed by atoms with Gasteiger partial charge in [-0.05, 0) is 79.5 Å². The Morgan fingerprint density at radius 2 is 1.44 bits per heavy atom. The Bertz CT molecular complexity index is 772. The van der Waals surface area contributed by atoms with E-state index in [2.05, 4.69) is 113 Å². The summed E-state index contributed by atoms with van der Waals surface area (Å²) in [4.78, 5) is 7.45. The molecule has 3 rings (SSSR count). The summed E-state index contributed by atoms with van der Waals surface area (Å²) in [6, 6.07) is 7.42. The summed E-state index contributed by atoms with van der Waals surface area (Å²) >= 11 is 0. The number of hydrogen-bond donors (Lipinski definition) is 0. The van der Waals surface area contributed by atoms with Gasteiger partial charge < -0.3 is 0 Å². The second kappa shape index (κ2) is 9.61. The van der Waals surface area contributed by atoms with Crippen LogP contribution in [0.4, 0.5) is 5.69 Å². The Morgan fingerprint density at radius 1 is 0.844 bits per heavy atom. The van der Waals surface area contributed by atoms with Crippen molar-refractivity contribution < 1.29 is 0 Å². The van der Waals surface area contributed by atoms with E-state index in [-0.39, 0.29) is 5.54 Å². The Labute approximate surface area is 200 Å². The first kappa shape index (κ1) is 27.1. The molecule has 2 nitrogen and oxygen atoms in total. The molecule has 182 valence electrons. The SMILES string of the molecule is CC(C)(C)C1CCN(C(C)(C)C)C1C(C)(C)C.CC(C)C1=Nc2cc(C(C)C)ccc2C1. The van der Waals surface area contributed by atoms with Gasteiger partial charge in [0.25, 0.3) is 0 Å². The highest BCUT2D eigenvalue weighted by Gasteiger charge is 2.48. The van der Waals surface area contributed by atoms with Crippen LogP contribution >= 0.6 is 0 Å². The van der Waals surface area contributed by atoms with Crippen molar-refractivity contribution in [3.63, 3.8) is 0 Å². The van der Waals surface area contributed by atoms with Crippen molar-refractivity contribution in [2.75, 3.05) is 6.54 Å². The zero-order chi connectivity index (χ0) is 24.6. The van der Waals surface area contributed by atoms with Gasteiger partial charge in [-0.25, -0.2) is 0 Å². The van der Waals surface area contributed by atoms with E-state index in [0.717, 1.165) is 12.3 Å². The van der Waals surface area contributed by atoms with Gasteiger partial charge in [0.15, 0.2) is 0 Å². The summed E-state index contributed by atoms with van der Waals surface area (Å²) in [6.07, 6.45) is 2.40. The molecule has 0 amide bonds. The van der Waals surface area contributed by atoms with Crippen LogP contribution in [0.3, 0.4) is 0 Å². The Kier molecular flexibility index (Phi) is 8.14. The van der Waals surface area contributed by atoms with Crippen LogP contribution in [0, 0.1) is 22.7 Å². The fourth-order valence-electron chi connectivity index (χ4n) is 5.44. The Morgan fingerprint density at radius 3 is 1.88 bits per heavy atom. The number of rotatable bonds is 2. The maximum absolute atomic E-state index is 4.71. The lowest BCUT2D eigenvalue weighted by atomic mass is 9.68. The van der Waals surface area contributed by atoms with Crippen LogP contribution in [0.25, 0.3) is 0 Å². The first-order valence-corrected chi connectivity index (χ1v) is 12.9. The van der Waals surface area contributed by atoms with Crippen molar-refractivity contribution in [2.24, 2.45) is 27.7 Å². The van der Waals surface area contributed by atoms with E-state index in [9.17, 15) is 0 Å². The van der Waals surface area contributed by atoms with Gasteiger partial charge in [-0.2, -0.15) is 0 Å². The summed E-state index contributed by atoms with van der Waals surface area (Å²) < 4.78 is 0. The van der Waals surface area contributed by atoms with Gasteiger partial charge in [-0.3, -0.25) is 9.89 Å². The Hall–Kier alpha value is -1.15. The standard InChI is InChI=1S/C16H33N.C14H19N/c1-14(2,3)12-10-11-17(16(7,8)9)13(12)15(4,5)6;1-9(2)11-5-6-12-8-13(10(3)4)15-14(12)7-11/h12-13H,10-11H2,1-9H3;5-7,9-10H,8H2,1-4H3. The summed E-state index contributed by atoms with van der Waals surface area (Å²) in [5, 5.41) is 0. The number of aliphatic imine (C=N–C) groups is 1. The van der Waals surface area contributed by atoms with Crippen LogP contribution in [0.5, 0.6) is 0 Å². The maximum Gasteiger partial charge on any atom is 0.0667 e. The highest BCUT2D eigenvalue weighted by molar-refractivity contribution is 5.95. The van der Waals surface area contributed by atoms with Gasteiger partial charge in [0.2, 0.25) is 0 Å². The molecule has 0 spiro atoms. The van der Waals surface area contributed by atoms with Crippen molar-refractivity contribution in [1.82, 2.24) is 4.90 Å². The quantitative estimate of drug-likeness (QED) is 0.449. The van der Waals surface area contributed by atoms with Crippen molar-refractivity contribution in [3.8, 4) is 0 Å². The normalized spacial score (nSPS) is 22.2. The van der Waals surface area contributed by atoms with Crippen molar-refractivity contribution >= 4 is 11.4 Å². The van der Waals surface area contributed by atoms with Gasteiger partial charge >= 0.3 is 0 Å². The van der Waals surface area contributed by atoms with Gasteiger partial charge in [0.05, 0.1) is 5.69 Å². The molecule has 2 atom stereocenters. The third-order valence-electron chi connectivity index (χ3n) is 7.34. The van der Waals surface area contributed by atoms with Gasteiger partial charge in [-0.1, -0.05) is 81.4 Å². The molecule has 2 heteroatoms. The second-order valence-corrected chi connectivity index (χ2v) is 13.9. The third kappa shape index (κ3) is 6.46. The molecule has 0 aromatic heterocycles. The molecule has 1 aromatic rings. The topological polar surface area (TPSA) is 15.6 Å². The monoisotopic (exact) mass is 440 g/mol. The maximum atomic E-state index is 4.71. The number of likely N-dealkylation sites (tertiary alicyclic amines) is 1. The zero-order valence-corrected chi connectivity index (χ0v) is 23.6. The molecule has 2 heterocycles. The molecule has 2 aliphatic heterocycles. The fraction of sp³-hybridized carbons (Fsp3) is 0.767. The van der Waals surface area contributed by atoms with E-state index in [1.165, 1.54) is 35.5 Å². The summed E-state index contributed by atoms with van der Waals surface area (Å²) in [5.74, 6) is 1.97. The highest BCUT2D eigenvalue weighted by Crippen LogP contribution is 2.47. The van der Waals surface area contributed by atoms with Crippen LogP contribution in [0.1, 0.15) is 113 Å². The lowest BCUT2D eigenvalue weighted by Crippen LogP contribution is -2.53. The minimum atomic E-state index is 0.290. The third-order valence-corrected chi connectivity index (χ3v) is 7.34. The predicted octanol–water partition coefficient (Wildman–Crippen LogP) is 8.66. The molecule has 0 N–H and O–H groups in total. The number of hydrogen-bond acceptors (Lipinski definition) is 2. The molecule has 0 saturated carbocycles. The first-order chi connectivity index (χ1) is 14.4. The summed E-state index contributed by atoms with van der Waals surface area (Å²) in [6.45, 7) is 31.6. The van der Waals surface area contributed by atoms with E-state index in [1.807, 2.05) is 0 Å². The second-order valence-electron chi connectivity index (χ2n) is 13.9.